The van der Waals surface area contributed by atoms with Crippen molar-refractivity contribution in [3.05, 3.63) is 20.1 Å². The van der Waals surface area contributed by atoms with E-state index < -0.39 is 8.80 Å². The Labute approximate surface area is 138 Å². The predicted molar refractivity (Wildman–Crippen MR) is 97.6 cm³/mol. The highest BCUT2D eigenvalue weighted by atomic mass is 28.4. The molecule has 6 nitrogen and oxygen atoms in total. The molecule has 135 valence electrons. The largest absolute Gasteiger partial charge is 0.500 e. The summed E-state index contributed by atoms with van der Waals surface area (Å²) in [5, 5.41) is 3.26. The number of nitrogens with one attached hydrogen (secondary N) is 1. The van der Waals surface area contributed by atoms with Crippen LogP contribution in [0.25, 0.3) is 0 Å². The van der Waals surface area contributed by atoms with E-state index in [1.165, 1.54) is 0 Å². The van der Waals surface area contributed by atoms with Gasteiger partial charge in [0.2, 0.25) is 0 Å². The van der Waals surface area contributed by atoms with Crippen LogP contribution in [0.4, 0.5) is 0 Å². The Morgan fingerprint density at radius 1 is 0.909 bits per heavy atom. The SMILES string of the molecule is C=C.CCO[Si](CCCNCCN)(OCC)OCC.[CH2]CN. The van der Waals surface area contributed by atoms with Gasteiger partial charge in [-0.1, -0.05) is 0 Å². The second-order valence-electron chi connectivity index (χ2n) is 3.91. The summed E-state index contributed by atoms with van der Waals surface area (Å²) in [5.74, 6) is 0. The lowest BCUT2D eigenvalue weighted by Crippen LogP contribution is -2.46. The van der Waals surface area contributed by atoms with Crippen LogP contribution < -0.4 is 16.8 Å². The molecule has 0 unspecified atom stereocenters. The summed E-state index contributed by atoms with van der Waals surface area (Å²) in [4.78, 5) is 0. The Morgan fingerprint density at radius 2 is 1.32 bits per heavy atom. The van der Waals surface area contributed by atoms with Gasteiger partial charge >= 0.3 is 8.80 Å². The van der Waals surface area contributed by atoms with Crippen LogP contribution in [-0.2, 0) is 13.3 Å². The van der Waals surface area contributed by atoms with Crippen LogP contribution in [0.1, 0.15) is 27.2 Å². The minimum absolute atomic E-state index is 0.500. The molecule has 0 amide bonds. The van der Waals surface area contributed by atoms with Gasteiger partial charge in [0.15, 0.2) is 0 Å². The standard InChI is InChI=1S/C11H28N2O3Si.C2H6N.C2H4/c1-4-14-17(15-5-2,16-6-3)11-7-9-13-10-8-12;1-2-3;1-2/h13H,4-12H2,1-3H3;1-3H2;1-2H2. The summed E-state index contributed by atoms with van der Waals surface area (Å²) in [7, 11) is -2.43. The molecule has 0 aromatic heterocycles. The van der Waals surface area contributed by atoms with Crippen molar-refractivity contribution in [2.45, 2.75) is 33.2 Å². The second-order valence-corrected chi connectivity index (χ2v) is 6.65. The molecule has 0 saturated carbocycles. The Hall–Kier alpha value is -0.283. The number of hydrogen-bond donors (Lipinski definition) is 3. The van der Waals surface area contributed by atoms with Crippen LogP contribution in [0.3, 0.4) is 0 Å². The van der Waals surface area contributed by atoms with Gasteiger partial charge in [-0.3, -0.25) is 0 Å². The molecule has 0 aromatic rings. The minimum atomic E-state index is -2.43. The van der Waals surface area contributed by atoms with Crippen molar-refractivity contribution in [2.75, 3.05) is 46.0 Å². The summed E-state index contributed by atoms with van der Waals surface area (Å²) in [6.45, 7) is 20.1. The first-order valence-corrected chi connectivity index (χ1v) is 9.91. The van der Waals surface area contributed by atoms with Gasteiger partial charge in [-0.05, 0) is 47.2 Å². The molecule has 0 spiro atoms. The molecular weight excluding hydrogens is 298 g/mol. The summed E-state index contributed by atoms with van der Waals surface area (Å²) in [6.07, 6.45) is 0.992. The van der Waals surface area contributed by atoms with Gasteiger partial charge in [0.1, 0.15) is 0 Å². The van der Waals surface area contributed by atoms with Crippen LogP contribution in [0.2, 0.25) is 6.04 Å². The normalized spacial score (nSPS) is 10.3. The van der Waals surface area contributed by atoms with Gasteiger partial charge in [-0.25, -0.2) is 0 Å². The average Bonchev–Trinajstić information content (AvgIpc) is 2.51. The fourth-order valence-corrected chi connectivity index (χ4v) is 4.27. The third-order valence-electron chi connectivity index (χ3n) is 2.25. The molecule has 1 radical (unpaired) electrons. The van der Waals surface area contributed by atoms with Crippen molar-refractivity contribution in [3.8, 4) is 0 Å². The molecule has 0 bridgehead atoms. The number of nitrogens with two attached hydrogens (primary N) is 2. The zero-order valence-corrected chi connectivity index (χ0v) is 15.9. The smallest absolute Gasteiger partial charge is 0.374 e. The lowest BCUT2D eigenvalue weighted by Gasteiger charge is -2.28. The molecule has 5 N–H and O–H groups in total. The monoisotopic (exact) mass is 336 g/mol. The van der Waals surface area contributed by atoms with E-state index in [4.69, 9.17) is 24.7 Å². The van der Waals surface area contributed by atoms with Crippen molar-refractivity contribution in [1.29, 1.82) is 0 Å². The minimum Gasteiger partial charge on any atom is -0.374 e. The first-order chi connectivity index (χ1) is 10.7. The zero-order valence-electron chi connectivity index (χ0n) is 14.9. The maximum atomic E-state index is 5.76. The van der Waals surface area contributed by atoms with Crippen LogP contribution in [0.5, 0.6) is 0 Å². The van der Waals surface area contributed by atoms with E-state index in [-0.39, 0.29) is 0 Å². The molecule has 0 aromatic carbocycles. The molecule has 0 rings (SSSR count). The Bertz CT molecular complexity index is 184. The van der Waals surface area contributed by atoms with E-state index in [9.17, 15) is 0 Å². The van der Waals surface area contributed by atoms with E-state index in [2.05, 4.69) is 25.4 Å². The highest BCUT2D eigenvalue weighted by Crippen LogP contribution is 2.17. The van der Waals surface area contributed by atoms with Gasteiger partial charge in [-0.2, -0.15) is 0 Å². The second kappa shape index (κ2) is 23.0. The molecule has 22 heavy (non-hydrogen) atoms. The van der Waals surface area contributed by atoms with Crippen molar-refractivity contribution >= 4 is 8.80 Å². The molecule has 7 heteroatoms. The molecule has 0 fully saturated rings. The van der Waals surface area contributed by atoms with Crippen molar-refractivity contribution in [2.24, 2.45) is 11.5 Å². The van der Waals surface area contributed by atoms with Gasteiger partial charge < -0.3 is 30.1 Å². The summed E-state index contributed by atoms with van der Waals surface area (Å²) >= 11 is 0. The first kappa shape index (κ1) is 26.6. The molecule has 0 aliphatic carbocycles. The summed E-state index contributed by atoms with van der Waals surface area (Å²) in [6, 6.07) is 0.861. The van der Waals surface area contributed by atoms with Crippen LogP contribution >= 0.6 is 0 Å². The first-order valence-electron chi connectivity index (χ1n) is 7.98. The van der Waals surface area contributed by atoms with Crippen LogP contribution in [-0.4, -0.2) is 54.8 Å². The fraction of sp³-hybridized carbons (Fsp3) is 0.800. The highest BCUT2D eigenvalue weighted by Gasteiger charge is 2.39. The molecule has 0 saturated heterocycles. The van der Waals surface area contributed by atoms with E-state index in [1.807, 2.05) is 20.8 Å². The molecular formula is C15H38N3O3Si. The Kier molecular flexibility index (Phi) is 27.8. The fourth-order valence-electron chi connectivity index (χ4n) is 1.66. The molecule has 0 aliphatic heterocycles. The van der Waals surface area contributed by atoms with Gasteiger partial charge in [-0.15, -0.1) is 13.2 Å². The summed E-state index contributed by atoms with van der Waals surface area (Å²) in [5.41, 5.74) is 10.1. The molecule has 0 heterocycles. The van der Waals surface area contributed by atoms with Crippen molar-refractivity contribution < 1.29 is 13.3 Å². The average molecular weight is 337 g/mol. The lowest BCUT2D eigenvalue weighted by molar-refractivity contribution is 0.0708. The van der Waals surface area contributed by atoms with Gasteiger partial charge in [0.05, 0.1) is 0 Å². The molecule has 0 aliphatic rings. The Morgan fingerprint density at radius 3 is 1.64 bits per heavy atom. The van der Waals surface area contributed by atoms with E-state index in [0.29, 0.717) is 32.9 Å². The van der Waals surface area contributed by atoms with Crippen molar-refractivity contribution in [3.63, 3.8) is 0 Å². The van der Waals surface area contributed by atoms with Gasteiger partial charge in [0.25, 0.3) is 0 Å². The van der Waals surface area contributed by atoms with E-state index in [0.717, 1.165) is 25.6 Å². The third kappa shape index (κ3) is 17.8. The van der Waals surface area contributed by atoms with Crippen LogP contribution in [0.15, 0.2) is 13.2 Å². The topological polar surface area (TPSA) is 91.8 Å². The number of rotatable bonds is 12. The summed E-state index contributed by atoms with van der Waals surface area (Å²) < 4.78 is 17.3. The maximum absolute atomic E-state index is 5.76. The predicted octanol–water partition coefficient (Wildman–Crippen LogP) is 1.55. The van der Waals surface area contributed by atoms with E-state index in [1.54, 1.807) is 0 Å². The quantitative estimate of drug-likeness (QED) is 0.284. The molecule has 0 atom stereocenters. The van der Waals surface area contributed by atoms with Crippen molar-refractivity contribution in [1.82, 2.24) is 5.32 Å². The maximum Gasteiger partial charge on any atom is 0.500 e. The highest BCUT2D eigenvalue weighted by molar-refractivity contribution is 6.60. The van der Waals surface area contributed by atoms with Crippen LogP contribution in [0, 0.1) is 6.92 Å². The third-order valence-corrected chi connectivity index (χ3v) is 5.40. The zero-order chi connectivity index (χ0) is 17.7. The lowest BCUT2D eigenvalue weighted by atomic mass is 10.5. The van der Waals surface area contributed by atoms with Gasteiger partial charge in [0, 0.05) is 39.0 Å². The Balaban J connectivity index is -0.000000637. The van der Waals surface area contributed by atoms with E-state index >= 15 is 0 Å². The number of hydrogen-bond acceptors (Lipinski definition) is 6.